The molecule has 2 atom stereocenters. The minimum absolute atomic E-state index is 0.0666. The number of anilines is 1. The summed E-state index contributed by atoms with van der Waals surface area (Å²) >= 11 is 0. The molecule has 3 rings (SSSR count). The Balaban J connectivity index is 1.70. The average Bonchev–Trinajstić information content (AvgIpc) is 2.62. The van der Waals surface area contributed by atoms with Crippen molar-refractivity contribution in [3.63, 3.8) is 0 Å². The van der Waals surface area contributed by atoms with Gasteiger partial charge in [-0.2, -0.15) is 0 Å². The molecule has 1 aromatic carbocycles. The normalized spacial score (nSPS) is 17.5. The topological polar surface area (TPSA) is 57.4 Å². The fraction of sp³-hybridized carbons (Fsp3) is 0.421. The Bertz CT molecular complexity index is 722. The first-order valence-corrected chi connectivity index (χ1v) is 8.51. The molecule has 0 spiro atoms. The van der Waals surface area contributed by atoms with E-state index in [-0.39, 0.29) is 17.6 Å². The van der Waals surface area contributed by atoms with Crippen molar-refractivity contribution < 1.29 is 4.74 Å². The third kappa shape index (κ3) is 4.04. The van der Waals surface area contributed by atoms with Gasteiger partial charge in [0.25, 0.3) is 0 Å². The van der Waals surface area contributed by atoms with Crippen LogP contribution in [0, 0.1) is 0 Å². The summed E-state index contributed by atoms with van der Waals surface area (Å²) in [6, 6.07) is 12.5. The summed E-state index contributed by atoms with van der Waals surface area (Å²) in [5.74, 6) is 0. The van der Waals surface area contributed by atoms with Gasteiger partial charge in [-0.15, -0.1) is 0 Å². The molecule has 0 saturated carbocycles. The van der Waals surface area contributed by atoms with E-state index in [9.17, 15) is 4.79 Å². The zero-order valence-corrected chi connectivity index (χ0v) is 14.3. The van der Waals surface area contributed by atoms with Gasteiger partial charge in [-0.05, 0) is 43.2 Å². The molecular weight excluding hydrogens is 302 g/mol. The van der Waals surface area contributed by atoms with Gasteiger partial charge in [0.1, 0.15) is 0 Å². The molecule has 1 aromatic heterocycles. The van der Waals surface area contributed by atoms with E-state index in [0.29, 0.717) is 0 Å². The van der Waals surface area contributed by atoms with Crippen LogP contribution in [0.25, 0.3) is 0 Å². The Morgan fingerprint density at radius 3 is 2.50 bits per heavy atom. The number of pyridine rings is 1. The van der Waals surface area contributed by atoms with Crippen LogP contribution >= 0.6 is 0 Å². The summed E-state index contributed by atoms with van der Waals surface area (Å²) in [6.07, 6.45) is 1.69. The molecular formula is C19H25N3O2. The van der Waals surface area contributed by atoms with E-state index < -0.39 is 0 Å². The van der Waals surface area contributed by atoms with Crippen LogP contribution in [0.1, 0.15) is 37.1 Å². The summed E-state index contributed by atoms with van der Waals surface area (Å²) < 4.78 is 5.43. The number of nitrogens with one attached hydrogen (secondary N) is 2. The molecule has 0 radical (unpaired) electrons. The maximum atomic E-state index is 11.5. The smallest absolute Gasteiger partial charge is 0.248 e. The third-order valence-electron chi connectivity index (χ3n) is 4.55. The number of morpholine rings is 1. The van der Waals surface area contributed by atoms with Crippen LogP contribution in [-0.2, 0) is 4.74 Å². The predicted molar refractivity (Wildman–Crippen MR) is 96.5 cm³/mol. The minimum atomic E-state index is -0.0666. The van der Waals surface area contributed by atoms with E-state index in [0.717, 1.165) is 31.9 Å². The van der Waals surface area contributed by atoms with Gasteiger partial charge in [-0.25, -0.2) is 0 Å². The van der Waals surface area contributed by atoms with E-state index in [4.69, 9.17) is 4.74 Å². The van der Waals surface area contributed by atoms with Crippen LogP contribution in [-0.4, -0.2) is 31.3 Å². The lowest BCUT2D eigenvalue weighted by atomic mass is 10.0. The molecule has 1 aliphatic rings. The van der Waals surface area contributed by atoms with E-state index in [2.05, 4.69) is 53.3 Å². The van der Waals surface area contributed by atoms with Crippen LogP contribution in [0.5, 0.6) is 0 Å². The molecule has 24 heavy (non-hydrogen) atoms. The number of hydrogen-bond donors (Lipinski definition) is 2. The van der Waals surface area contributed by atoms with Crippen molar-refractivity contribution in [2.45, 2.75) is 25.9 Å². The second kappa shape index (κ2) is 7.64. The van der Waals surface area contributed by atoms with E-state index in [1.165, 1.54) is 11.3 Å². The van der Waals surface area contributed by atoms with Crippen LogP contribution in [0.4, 0.5) is 5.69 Å². The molecule has 2 unspecified atom stereocenters. The largest absolute Gasteiger partial charge is 0.378 e. The number of nitrogens with zero attached hydrogens (tertiary/aromatic N) is 1. The summed E-state index contributed by atoms with van der Waals surface area (Å²) in [5.41, 5.74) is 3.42. The standard InChI is InChI=1S/C19H25N3O2/c1-14(21-15(2)17-6-7-20-19(23)13-17)16-4-3-5-18(12-16)22-8-10-24-11-9-22/h3-7,12-15,21H,8-11H2,1-2H3,(H,20,23). The lowest BCUT2D eigenvalue weighted by Gasteiger charge is -2.30. The van der Waals surface area contributed by atoms with Crippen molar-refractivity contribution >= 4 is 5.69 Å². The van der Waals surface area contributed by atoms with Gasteiger partial charge >= 0.3 is 0 Å². The van der Waals surface area contributed by atoms with Gasteiger partial charge in [0.05, 0.1) is 13.2 Å². The second-order valence-electron chi connectivity index (χ2n) is 6.29. The van der Waals surface area contributed by atoms with Crippen molar-refractivity contribution in [3.8, 4) is 0 Å². The van der Waals surface area contributed by atoms with Gasteiger partial charge in [-0.3, -0.25) is 4.79 Å². The maximum absolute atomic E-state index is 11.5. The van der Waals surface area contributed by atoms with Crippen LogP contribution in [0.2, 0.25) is 0 Å². The fourth-order valence-corrected chi connectivity index (χ4v) is 3.11. The van der Waals surface area contributed by atoms with Crippen molar-refractivity contribution in [1.82, 2.24) is 10.3 Å². The van der Waals surface area contributed by atoms with Gasteiger partial charge in [-0.1, -0.05) is 12.1 Å². The Morgan fingerprint density at radius 1 is 1.08 bits per heavy atom. The monoisotopic (exact) mass is 327 g/mol. The Kier molecular flexibility index (Phi) is 5.33. The molecule has 0 aliphatic carbocycles. The van der Waals surface area contributed by atoms with E-state index >= 15 is 0 Å². The first kappa shape index (κ1) is 16.7. The maximum Gasteiger partial charge on any atom is 0.248 e. The predicted octanol–water partition coefficient (Wildman–Crippen LogP) is 2.62. The first-order valence-electron chi connectivity index (χ1n) is 8.51. The molecule has 0 amide bonds. The van der Waals surface area contributed by atoms with Crippen molar-refractivity contribution in [2.24, 2.45) is 0 Å². The highest BCUT2D eigenvalue weighted by Gasteiger charge is 2.15. The molecule has 2 N–H and O–H groups in total. The molecule has 5 nitrogen and oxygen atoms in total. The number of aromatic amines is 1. The zero-order chi connectivity index (χ0) is 16.9. The molecule has 2 heterocycles. The number of aromatic nitrogens is 1. The number of rotatable bonds is 5. The van der Waals surface area contributed by atoms with Crippen molar-refractivity contribution in [3.05, 3.63) is 64.1 Å². The molecule has 1 aliphatic heterocycles. The van der Waals surface area contributed by atoms with Gasteiger partial charge < -0.3 is 19.9 Å². The summed E-state index contributed by atoms with van der Waals surface area (Å²) in [4.78, 5) is 16.5. The van der Waals surface area contributed by atoms with Gasteiger partial charge in [0.15, 0.2) is 0 Å². The van der Waals surface area contributed by atoms with Crippen molar-refractivity contribution in [1.29, 1.82) is 0 Å². The van der Waals surface area contributed by atoms with E-state index in [1.807, 2.05) is 6.07 Å². The zero-order valence-electron chi connectivity index (χ0n) is 14.3. The first-order chi connectivity index (χ1) is 11.6. The Labute approximate surface area is 142 Å². The lowest BCUT2D eigenvalue weighted by molar-refractivity contribution is 0.122. The Morgan fingerprint density at radius 2 is 1.79 bits per heavy atom. The molecule has 128 valence electrons. The molecule has 1 saturated heterocycles. The summed E-state index contributed by atoms with van der Waals surface area (Å²) in [5, 5.41) is 3.57. The molecule has 0 bridgehead atoms. The highest BCUT2D eigenvalue weighted by Crippen LogP contribution is 2.23. The summed E-state index contributed by atoms with van der Waals surface area (Å²) in [6.45, 7) is 7.69. The number of hydrogen-bond acceptors (Lipinski definition) is 4. The minimum Gasteiger partial charge on any atom is -0.378 e. The van der Waals surface area contributed by atoms with Crippen LogP contribution in [0.15, 0.2) is 47.4 Å². The summed E-state index contributed by atoms with van der Waals surface area (Å²) in [7, 11) is 0. The fourth-order valence-electron chi connectivity index (χ4n) is 3.11. The van der Waals surface area contributed by atoms with Gasteiger partial charge in [0, 0.05) is 43.1 Å². The molecule has 1 fully saturated rings. The molecule has 5 heteroatoms. The quantitative estimate of drug-likeness (QED) is 0.886. The molecule has 2 aromatic rings. The van der Waals surface area contributed by atoms with Crippen LogP contribution in [0.3, 0.4) is 0 Å². The van der Waals surface area contributed by atoms with E-state index in [1.54, 1.807) is 12.3 Å². The number of benzene rings is 1. The Hall–Kier alpha value is -2.11. The second-order valence-corrected chi connectivity index (χ2v) is 6.29. The number of ether oxygens (including phenoxy) is 1. The lowest BCUT2D eigenvalue weighted by Crippen LogP contribution is -2.36. The third-order valence-corrected chi connectivity index (χ3v) is 4.55. The van der Waals surface area contributed by atoms with Crippen molar-refractivity contribution in [2.75, 3.05) is 31.2 Å². The highest BCUT2D eigenvalue weighted by atomic mass is 16.5. The average molecular weight is 327 g/mol. The number of H-pyrrole nitrogens is 1. The van der Waals surface area contributed by atoms with Gasteiger partial charge in [0.2, 0.25) is 5.56 Å². The highest BCUT2D eigenvalue weighted by molar-refractivity contribution is 5.49. The SMILES string of the molecule is CC(NC(C)c1cc[nH]c(=O)c1)c1cccc(N2CCOCC2)c1. The van der Waals surface area contributed by atoms with Crippen LogP contribution < -0.4 is 15.8 Å².